The Labute approximate surface area is 121 Å². The van der Waals surface area contributed by atoms with E-state index in [0.717, 1.165) is 41.5 Å². The van der Waals surface area contributed by atoms with Gasteiger partial charge < -0.3 is 10.1 Å². The summed E-state index contributed by atoms with van der Waals surface area (Å²) in [5.41, 5.74) is 0. The van der Waals surface area contributed by atoms with Crippen molar-refractivity contribution in [1.29, 1.82) is 0 Å². The average Bonchev–Trinajstić information content (AvgIpc) is 2.56. The van der Waals surface area contributed by atoms with Gasteiger partial charge in [-0.05, 0) is 34.5 Å². The van der Waals surface area contributed by atoms with Crippen molar-refractivity contribution in [3.8, 4) is 0 Å². The van der Waals surface area contributed by atoms with Gasteiger partial charge in [0.25, 0.3) is 0 Å². The average molecular weight is 341 g/mol. The van der Waals surface area contributed by atoms with Crippen LogP contribution in [0.5, 0.6) is 0 Å². The summed E-state index contributed by atoms with van der Waals surface area (Å²) < 4.78 is 7.36. The maximum Gasteiger partial charge on any atom is 0.107 e. The highest BCUT2D eigenvalue weighted by molar-refractivity contribution is 9.10. The molecular weight excluding hydrogens is 322 g/mol. The first-order chi connectivity index (χ1) is 8.09. The molecule has 0 atom stereocenters. The van der Waals surface area contributed by atoms with Crippen molar-refractivity contribution in [2.24, 2.45) is 5.92 Å². The van der Waals surface area contributed by atoms with Crippen LogP contribution in [0.2, 0.25) is 4.34 Å². The van der Waals surface area contributed by atoms with Crippen LogP contribution in [0.4, 0.5) is 0 Å². The molecule has 2 nitrogen and oxygen atoms in total. The lowest BCUT2D eigenvalue weighted by atomic mass is 10.2. The Kier molecular flexibility index (Phi) is 7.71. The van der Waals surface area contributed by atoms with E-state index in [1.54, 1.807) is 11.3 Å². The van der Waals surface area contributed by atoms with Crippen molar-refractivity contribution >= 4 is 38.9 Å². The number of hydrogen-bond acceptors (Lipinski definition) is 3. The SMILES string of the molecule is CC(C)CNCCOCCc1cc(Br)c(Cl)s1. The predicted octanol–water partition coefficient (Wildman–Crippen LogP) is 3.97. The summed E-state index contributed by atoms with van der Waals surface area (Å²) in [7, 11) is 0. The predicted molar refractivity (Wildman–Crippen MR) is 79.3 cm³/mol. The monoisotopic (exact) mass is 339 g/mol. The zero-order chi connectivity index (χ0) is 12.7. The molecule has 0 aliphatic rings. The van der Waals surface area contributed by atoms with Gasteiger partial charge in [-0.3, -0.25) is 0 Å². The van der Waals surface area contributed by atoms with Gasteiger partial charge in [-0.15, -0.1) is 11.3 Å². The van der Waals surface area contributed by atoms with Crippen molar-refractivity contribution in [2.75, 3.05) is 26.3 Å². The van der Waals surface area contributed by atoms with E-state index in [2.05, 4.69) is 41.2 Å². The van der Waals surface area contributed by atoms with Crippen molar-refractivity contribution < 1.29 is 4.74 Å². The minimum atomic E-state index is 0.695. The van der Waals surface area contributed by atoms with Crippen molar-refractivity contribution in [2.45, 2.75) is 20.3 Å². The zero-order valence-corrected chi connectivity index (χ0v) is 13.4. The van der Waals surface area contributed by atoms with Gasteiger partial charge in [0.05, 0.1) is 13.2 Å². The fraction of sp³-hybridized carbons (Fsp3) is 0.667. The molecule has 1 aromatic heterocycles. The van der Waals surface area contributed by atoms with Crippen molar-refractivity contribution in [3.63, 3.8) is 0 Å². The Morgan fingerprint density at radius 3 is 2.82 bits per heavy atom. The number of nitrogens with one attached hydrogen (secondary N) is 1. The van der Waals surface area contributed by atoms with E-state index < -0.39 is 0 Å². The molecule has 98 valence electrons. The smallest absolute Gasteiger partial charge is 0.107 e. The van der Waals surface area contributed by atoms with Crippen LogP contribution in [0.25, 0.3) is 0 Å². The molecule has 0 aromatic carbocycles. The van der Waals surface area contributed by atoms with Crippen LogP contribution >= 0.6 is 38.9 Å². The Hall–Kier alpha value is 0.390. The van der Waals surface area contributed by atoms with E-state index in [0.29, 0.717) is 5.92 Å². The lowest BCUT2D eigenvalue weighted by Crippen LogP contribution is -2.24. The topological polar surface area (TPSA) is 21.3 Å². The first kappa shape index (κ1) is 15.4. The van der Waals surface area contributed by atoms with Gasteiger partial charge in [0.1, 0.15) is 4.34 Å². The van der Waals surface area contributed by atoms with Crippen molar-refractivity contribution in [1.82, 2.24) is 5.32 Å². The fourth-order valence-electron chi connectivity index (χ4n) is 1.32. The standard InChI is InChI=1S/C12H19BrClNOS/c1-9(2)8-15-4-6-16-5-3-10-7-11(13)12(14)17-10/h7,9,15H,3-6,8H2,1-2H3. The molecule has 0 saturated heterocycles. The van der Waals surface area contributed by atoms with Crippen LogP contribution in [0.3, 0.4) is 0 Å². The highest BCUT2D eigenvalue weighted by atomic mass is 79.9. The second-order valence-corrected chi connectivity index (χ2v) is 6.89. The maximum absolute atomic E-state index is 5.96. The van der Waals surface area contributed by atoms with Crippen LogP contribution < -0.4 is 5.32 Å². The fourth-order valence-corrected chi connectivity index (χ4v) is 3.10. The first-order valence-corrected chi connectivity index (χ1v) is 7.80. The van der Waals surface area contributed by atoms with Crippen LogP contribution in [-0.2, 0) is 11.2 Å². The van der Waals surface area contributed by atoms with Gasteiger partial charge in [-0.1, -0.05) is 25.4 Å². The summed E-state index contributed by atoms with van der Waals surface area (Å²) in [5.74, 6) is 0.695. The first-order valence-electron chi connectivity index (χ1n) is 5.81. The Bertz CT molecular complexity index is 311. The number of halogens is 2. The normalized spacial score (nSPS) is 11.4. The van der Waals surface area contributed by atoms with Crippen LogP contribution in [0.1, 0.15) is 18.7 Å². The Morgan fingerprint density at radius 1 is 1.47 bits per heavy atom. The molecule has 1 N–H and O–H groups in total. The largest absolute Gasteiger partial charge is 0.380 e. The zero-order valence-electron chi connectivity index (χ0n) is 10.3. The molecule has 0 unspecified atom stereocenters. The molecule has 1 rings (SSSR count). The Balaban J connectivity index is 2.01. The van der Waals surface area contributed by atoms with E-state index in [1.165, 1.54) is 4.88 Å². The molecule has 0 fully saturated rings. The quantitative estimate of drug-likeness (QED) is 0.723. The third kappa shape index (κ3) is 6.77. The molecule has 1 aromatic rings. The highest BCUT2D eigenvalue weighted by Gasteiger charge is 2.03. The second-order valence-electron chi connectivity index (χ2n) is 4.29. The molecule has 17 heavy (non-hydrogen) atoms. The number of thiophene rings is 1. The van der Waals surface area contributed by atoms with Gasteiger partial charge >= 0.3 is 0 Å². The summed E-state index contributed by atoms with van der Waals surface area (Å²) in [6.07, 6.45) is 0.931. The van der Waals surface area contributed by atoms with Gasteiger partial charge in [0.15, 0.2) is 0 Å². The van der Waals surface area contributed by atoms with E-state index in [-0.39, 0.29) is 0 Å². The summed E-state index contributed by atoms with van der Waals surface area (Å²) >= 11 is 11.0. The number of hydrogen-bond donors (Lipinski definition) is 1. The molecular formula is C12H19BrClNOS. The molecule has 0 spiro atoms. The van der Waals surface area contributed by atoms with E-state index >= 15 is 0 Å². The van der Waals surface area contributed by atoms with Gasteiger partial charge in [-0.25, -0.2) is 0 Å². The third-order valence-electron chi connectivity index (χ3n) is 2.16. The molecule has 0 amide bonds. The van der Waals surface area contributed by atoms with Gasteiger partial charge in [0.2, 0.25) is 0 Å². The molecule has 0 aliphatic heterocycles. The molecule has 1 heterocycles. The number of rotatable bonds is 8. The van der Waals surface area contributed by atoms with E-state index in [1.807, 2.05) is 0 Å². The minimum absolute atomic E-state index is 0.695. The summed E-state index contributed by atoms with van der Waals surface area (Å²) in [4.78, 5) is 1.26. The summed E-state index contributed by atoms with van der Waals surface area (Å²) in [6.45, 7) is 7.90. The molecule has 0 bridgehead atoms. The lowest BCUT2D eigenvalue weighted by molar-refractivity contribution is 0.139. The minimum Gasteiger partial charge on any atom is -0.380 e. The van der Waals surface area contributed by atoms with Crippen molar-refractivity contribution in [3.05, 3.63) is 19.8 Å². The molecule has 5 heteroatoms. The highest BCUT2D eigenvalue weighted by Crippen LogP contribution is 2.32. The van der Waals surface area contributed by atoms with Gasteiger partial charge in [-0.2, -0.15) is 0 Å². The number of ether oxygens (including phenoxy) is 1. The lowest BCUT2D eigenvalue weighted by Gasteiger charge is -2.07. The molecule has 0 aliphatic carbocycles. The van der Waals surface area contributed by atoms with E-state index in [4.69, 9.17) is 16.3 Å². The molecule has 0 radical (unpaired) electrons. The van der Waals surface area contributed by atoms with Gasteiger partial charge in [0, 0.05) is 22.3 Å². The third-order valence-corrected chi connectivity index (χ3v) is 4.70. The van der Waals surface area contributed by atoms with E-state index in [9.17, 15) is 0 Å². The summed E-state index contributed by atoms with van der Waals surface area (Å²) in [5, 5.41) is 3.35. The van der Waals surface area contributed by atoms with Crippen LogP contribution in [0.15, 0.2) is 10.5 Å². The summed E-state index contributed by atoms with van der Waals surface area (Å²) in [6, 6.07) is 2.06. The molecule has 0 saturated carbocycles. The van der Waals surface area contributed by atoms with Crippen LogP contribution in [-0.4, -0.2) is 26.3 Å². The Morgan fingerprint density at radius 2 is 2.24 bits per heavy atom. The van der Waals surface area contributed by atoms with Crippen LogP contribution in [0, 0.1) is 5.92 Å². The second kappa shape index (κ2) is 8.48. The maximum atomic E-state index is 5.96.